The molecule has 0 saturated carbocycles. The van der Waals surface area contributed by atoms with Gasteiger partial charge in [0, 0.05) is 6.20 Å². The highest BCUT2D eigenvalue weighted by Crippen LogP contribution is 2.38. The summed E-state index contributed by atoms with van der Waals surface area (Å²) in [5.41, 5.74) is -1.34. The van der Waals surface area contributed by atoms with Crippen molar-refractivity contribution in [2.45, 2.75) is 20.0 Å². The lowest BCUT2D eigenvalue weighted by molar-refractivity contribution is -0.138. The molecule has 1 aromatic carbocycles. The minimum Gasteiger partial charge on any atom is -0.462 e. The summed E-state index contributed by atoms with van der Waals surface area (Å²) < 4.78 is 44.1. The van der Waals surface area contributed by atoms with Gasteiger partial charge in [0.05, 0.1) is 23.1 Å². The van der Waals surface area contributed by atoms with E-state index in [-0.39, 0.29) is 29.2 Å². The van der Waals surface area contributed by atoms with E-state index in [4.69, 9.17) is 4.74 Å². The lowest BCUT2D eigenvalue weighted by Crippen LogP contribution is -2.18. The Morgan fingerprint density at radius 3 is 2.60 bits per heavy atom. The van der Waals surface area contributed by atoms with Crippen LogP contribution in [-0.2, 0) is 10.9 Å². The maximum Gasteiger partial charge on any atom is 0.416 e. The summed E-state index contributed by atoms with van der Waals surface area (Å²) in [6, 6.07) is 6.12. The van der Waals surface area contributed by atoms with Crippen molar-refractivity contribution in [1.82, 2.24) is 4.98 Å². The molecule has 2 aromatic rings. The SMILES string of the molecule is CCOC(=O)c1cccnc1N(N=O)c1cccc(C(F)(F)F)c1C. The summed E-state index contributed by atoms with van der Waals surface area (Å²) >= 11 is 0. The fourth-order valence-electron chi connectivity index (χ4n) is 2.29. The molecule has 2 rings (SSSR count). The largest absolute Gasteiger partial charge is 0.462 e. The van der Waals surface area contributed by atoms with Gasteiger partial charge in [-0.05, 0) is 43.7 Å². The quantitative estimate of drug-likeness (QED) is 0.452. The Morgan fingerprint density at radius 2 is 2.00 bits per heavy atom. The number of alkyl halides is 3. The number of nitroso groups, excluding NO2 is 1. The van der Waals surface area contributed by atoms with Gasteiger partial charge in [0.2, 0.25) is 0 Å². The van der Waals surface area contributed by atoms with E-state index in [1.165, 1.54) is 31.3 Å². The zero-order valence-corrected chi connectivity index (χ0v) is 13.4. The van der Waals surface area contributed by atoms with Gasteiger partial charge in [0.25, 0.3) is 0 Å². The second kappa shape index (κ2) is 7.29. The Hall–Kier alpha value is -2.97. The molecular weight excluding hydrogens is 339 g/mol. The number of pyridine rings is 1. The smallest absolute Gasteiger partial charge is 0.416 e. The molecule has 1 aromatic heterocycles. The van der Waals surface area contributed by atoms with Crippen molar-refractivity contribution in [3.05, 3.63) is 58.1 Å². The molecule has 1 heterocycles. The number of benzene rings is 1. The van der Waals surface area contributed by atoms with Crippen molar-refractivity contribution in [3.63, 3.8) is 0 Å². The summed E-state index contributed by atoms with van der Waals surface area (Å²) in [6.07, 6.45) is -3.30. The minimum absolute atomic E-state index is 0.0826. The summed E-state index contributed by atoms with van der Waals surface area (Å²) in [5.74, 6) is -0.970. The first-order valence-electron chi connectivity index (χ1n) is 7.23. The van der Waals surface area contributed by atoms with E-state index in [1.807, 2.05) is 0 Å². The molecule has 0 amide bonds. The third-order valence-corrected chi connectivity index (χ3v) is 3.40. The van der Waals surface area contributed by atoms with E-state index in [2.05, 4.69) is 10.3 Å². The molecule has 6 nitrogen and oxygen atoms in total. The zero-order chi connectivity index (χ0) is 18.6. The second-order valence-electron chi connectivity index (χ2n) is 4.94. The van der Waals surface area contributed by atoms with Gasteiger partial charge in [-0.1, -0.05) is 6.07 Å². The van der Waals surface area contributed by atoms with Gasteiger partial charge >= 0.3 is 12.1 Å². The average molecular weight is 353 g/mol. The normalized spacial score (nSPS) is 11.1. The van der Waals surface area contributed by atoms with E-state index in [0.29, 0.717) is 5.01 Å². The molecule has 0 aliphatic heterocycles. The van der Waals surface area contributed by atoms with Crippen molar-refractivity contribution in [2.75, 3.05) is 11.6 Å². The van der Waals surface area contributed by atoms with Gasteiger partial charge in [0.15, 0.2) is 5.82 Å². The van der Waals surface area contributed by atoms with Crippen LogP contribution in [0.4, 0.5) is 24.7 Å². The Bertz CT molecular complexity index is 794. The molecule has 0 saturated heterocycles. The Balaban J connectivity index is 2.60. The van der Waals surface area contributed by atoms with E-state index in [9.17, 15) is 22.9 Å². The van der Waals surface area contributed by atoms with Gasteiger partial charge in [-0.15, -0.1) is 4.91 Å². The van der Waals surface area contributed by atoms with Gasteiger partial charge in [0.1, 0.15) is 5.56 Å². The van der Waals surface area contributed by atoms with Crippen LogP contribution in [0.25, 0.3) is 0 Å². The molecule has 0 aliphatic carbocycles. The highest BCUT2D eigenvalue weighted by molar-refractivity contribution is 5.95. The standard InChI is InChI=1S/C16H14F3N3O3/c1-3-25-15(23)11-6-5-9-20-14(11)22(21-24)13-8-4-7-12(10(13)2)16(17,18)19/h4-9H,3H2,1-2H3. The van der Waals surface area contributed by atoms with Crippen molar-refractivity contribution in [3.8, 4) is 0 Å². The summed E-state index contributed by atoms with van der Waals surface area (Å²) in [4.78, 5) is 27.3. The van der Waals surface area contributed by atoms with Crippen LogP contribution in [0, 0.1) is 11.8 Å². The fraction of sp³-hybridized carbons (Fsp3) is 0.250. The van der Waals surface area contributed by atoms with Crippen molar-refractivity contribution in [2.24, 2.45) is 5.29 Å². The average Bonchev–Trinajstić information content (AvgIpc) is 2.56. The third kappa shape index (κ3) is 3.76. The van der Waals surface area contributed by atoms with Gasteiger partial charge < -0.3 is 4.74 Å². The first-order chi connectivity index (χ1) is 11.8. The van der Waals surface area contributed by atoms with Gasteiger partial charge in [-0.3, -0.25) is 0 Å². The summed E-state index contributed by atoms with van der Waals surface area (Å²) in [7, 11) is 0. The van der Waals surface area contributed by atoms with Crippen LogP contribution in [0.2, 0.25) is 0 Å². The number of nitrogens with zero attached hydrogens (tertiary/aromatic N) is 3. The van der Waals surface area contributed by atoms with Crippen molar-refractivity contribution < 1.29 is 22.7 Å². The van der Waals surface area contributed by atoms with Crippen molar-refractivity contribution in [1.29, 1.82) is 0 Å². The van der Waals surface area contributed by atoms with Crippen LogP contribution in [0.1, 0.15) is 28.4 Å². The maximum absolute atomic E-state index is 13.1. The lowest BCUT2D eigenvalue weighted by Gasteiger charge is -2.21. The zero-order valence-electron chi connectivity index (χ0n) is 13.4. The number of hydrogen-bond acceptors (Lipinski definition) is 5. The minimum atomic E-state index is -4.59. The van der Waals surface area contributed by atoms with Crippen LogP contribution in [-0.4, -0.2) is 17.6 Å². The maximum atomic E-state index is 13.1. The van der Waals surface area contributed by atoms with Crippen LogP contribution >= 0.6 is 0 Å². The molecule has 0 fully saturated rings. The fourth-order valence-corrected chi connectivity index (χ4v) is 2.29. The van der Waals surface area contributed by atoms with Crippen LogP contribution in [0.5, 0.6) is 0 Å². The molecule has 0 unspecified atom stereocenters. The predicted octanol–water partition coefficient (Wildman–Crippen LogP) is 4.41. The number of anilines is 2. The van der Waals surface area contributed by atoms with Gasteiger partial charge in [-0.2, -0.15) is 18.2 Å². The number of carbonyl (C=O) groups excluding carboxylic acids is 1. The van der Waals surface area contributed by atoms with E-state index >= 15 is 0 Å². The molecule has 0 atom stereocenters. The number of esters is 1. The second-order valence-corrected chi connectivity index (χ2v) is 4.94. The van der Waals surface area contributed by atoms with E-state index < -0.39 is 17.7 Å². The molecule has 0 bridgehead atoms. The van der Waals surface area contributed by atoms with Crippen molar-refractivity contribution >= 4 is 17.5 Å². The monoisotopic (exact) mass is 353 g/mol. The molecule has 0 radical (unpaired) electrons. The molecule has 25 heavy (non-hydrogen) atoms. The Morgan fingerprint density at radius 1 is 1.28 bits per heavy atom. The molecule has 0 N–H and O–H groups in total. The number of ether oxygens (including phenoxy) is 1. The molecule has 9 heteroatoms. The first kappa shape index (κ1) is 18.4. The Labute approximate surface area is 141 Å². The topological polar surface area (TPSA) is 71.9 Å². The van der Waals surface area contributed by atoms with Gasteiger partial charge in [-0.25, -0.2) is 9.78 Å². The first-order valence-corrected chi connectivity index (χ1v) is 7.23. The number of hydrogen-bond donors (Lipinski definition) is 0. The Kier molecular flexibility index (Phi) is 5.35. The van der Waals surface area contributed by atoms with E-state index in [1.54, 1.807) is 6.92 Å². The number of rotatable bonds is 5. The highest BCUT2D eigenvalue weighted by Gasteiger charge is 2.34. The molecule has 132 valence electrons. The number of carbonyl (C=O) groups is 1. The third-order valence-electron chi connectivity index (χ3n) is 3.40. The molecule has 0 aliphatic rings. The summed E-state index contributed by atoms with van der Waals surface area (Å²) in [5, 5.41) is 3.41. The van der Waals surface area contributed by atoms with Crippen LogP contribution in [0.3, 0.4) is 0 Å². The summed E-state index contributed by atoms with van der Waals surface area (Å²) in [6.45, 7) is 2.90. The number of aromatic nitrogens is 1. The predicted molar refractivity (Wildman–Crippen MR) is 84.3 cm³/mol. The van der Waals surface area contributed by atoms with E-state index in [0.717, 1.165) is 12.1 Å². The molecule has 0 spiro atoms. The lowest BCUT2D eigenvalue weighted by atomic mass is 10.1. The van der Waals surface area contributed by atoms with Crippen LogP contribution in [0.15, 0.2) is 41.8 Å². The molecular formula is C16H14F3N3O3. The van der Waals surface area contributed by atoms with Crippen LogP contribution < -0.4 is 5.01 Å². The highest BCUT2D eigenvalue weighted by atomic mass is 19.4. The number of halogens is 3.